The Morgan fingerprint density at radius 1 is 1.05 bits per heavy atom. The normalized spacial score (nSPS) is 32.0. The van der Waals surface area contributed by atoms with Crippen molar-refractivity contribution in [1.82, 2.24) is 0 Å². The molecule has 0 aliphatic carbocycles. The van der Waals surface area contributed by atoms with Crippen molar-refractivity contribution in [2.75, 3.05) is 0 Å². The first kappa shape index (κ1) is 15.3. The monoisotopic (exact) mass is 274 g/mol. The molecule has 0 bridgehead atoms. The first-order valence-corrected chi connectivity index (χ1v) is 7.53. The van der Waals surface area contributed by atoms with Gasteiger partial charge in [-0.25, -0.2) is 0 Å². The highest BCUT2D eigenvalue weighted by molar-refractivity contribution is 5.16. The van der Waals surface area contributed by atoms with Crippen molar-refractivity contribution in [3.8, 4) is 0 Å². The summed E-state index contributed by atoms with van der Waals surface area (Å²) in [6.07, 6.45) is 2.07. The molecule has 5 atom stereocenters. The summed E-state index contributed by atoms with van der Waals surface area (Å²) in [7, 11) is 0. The summed E-state index contributed by atoms with van der Waals surface area (Å²) in [5, 5.41) is 0. The summed E-state index contributed by atoms with van der Waals surface area (Å²) < 4.78 is 12.4. The predicted molar refractivity (Wildman–Crippen MR) is 82.3 cm³/mol. The van der Waals surface area contributed by atoms with Gasteiger partial charge in [0.25, 0.3) is 0 Å². The lowest BCUT2D eigenvalue weighted by Gasteiger charge is -2.44. The molecule has 0 spiro atoms. The molecule has 1 heterocycles. The highest BCUT2D eigenvalue weighted by Crippen LogP contribution is 2.38. The van der Waals surface area contributed by atoms with Gasteiger partial charge in [-0.05, 0) is 5.92 Å². The Balaban J connectivity index is 2.25. The summed E-state index contributed by atoms with van der Waals surface area (Å²) in [4.78, 5) is 0. The van der Waals surface area contributed by atoms with Crippen LogP contribution in [0.5, 0.6) is 0 Å². The van der Waals surface area contributed by atoms with Crippen molar-refractivity contribution < 1.29 is 9.47 Å². The number of benzene rings is 1. The lowest BCUT2D eigenvalue weighted by Crippen LogP contribution is -2.46. The van der Waals surface area contributed by atoms with Gasteiger partial charge >= 0.3 is 0 Å². The fraction of sp³-hybridized carbons (Fsp3) is 0.556. The summed E-state index contributed by atoms with van der Waals surface area (Å²) in [5.74, 6) is 1.16. The second kappa shape index (κ2) is 6.55. The molecule has 110 valence electrons. The van der Waals surface area contributed by atoms with E-state index in [0.717, 1.165) is 5.56 Å². The van der Waals surface area contributed by atoms with E-state index in [0.29, 0.717) is 17.8 Å². The average Bonchev–Trinajstić information content (AvgIpc) is 2.47. The molecule has 0 saturated carbocycles. The maximum absolute atomic E-state index is 6.22. The van der Waals surface area contributed by atoms with Crippen molar-refractivity contribution >= 4 is 0 Å². The Bertz CT molecular complexity index is 426. The van der Waals surface area contributed by atoms with E-state index < -0.39 is 0 Å². The maximum Gasteiger partial charge on any atom is 0.184 e. The largest absolute Gasteiger partial charge is 0.344 e. The van der Waals surface area contributed by atoms with Crippen molar-refractivity contribution in [3.63, 3.8) is 0 Å². The third-order valence-electron chi connectivity index (χ3n) is 4.22. The first-order chi connectivity index (χ1) is 9.54. The van der Waals surface area contributed by atoms with Crippen molar-refractivity contribution in [1.29, 1.82) is 0 Å². The predicted octanol–water partition coefficient (Wildman–Crippen LogP) is 4.58. The number of hydrogen-bond donors (Lipinski definition) is 0. The Morgan fingerprint density at radius 3 is 2.20 bits per heavy atom. The molecule has 0 radical (unpaired) electrons. The van der Waals surface area contributed by atoms with E-state index in [1.165, 1.54) is 0 Å². The minimum absolute atomic E-state index is 0.152. The third kappa shape index (κ3) is 3.13. The quantitative estimate of drug-likeness (QED) is 0.748. The van der Waals surface area contributed by atoms with Gasteiger partial charge < -0.3 is 9.47 Å². The molecule has 20 heavy (non-hydrogen) atoms. The maximum atomic E-state index is 6.22. The Kier molecular flexibility index (Phi) is 5.00. The summed E-state index contributed by atoms with van der Waals surface area (Å²) in [6, 6.07) is 10.2. The molecule has 1 saturated heterocycles. The molecule has 1 aromatic carbocycles. The Hall–Kier alpha value is -1.12. The molecule has 1 aliphatic heterocycles. The van der Waals surface area contributed by atoms with Gasteiger partial charge in [0.1, 0.15) is 0 Å². The van der Waals surface area contributed by atoms with Crippen molar-refractivity contribution in [2.24, 2.45) is 17.8 Å². The molecule has 1 fully saturated rings. The zero-order valence-corrected chi connectivity index (χ0v) is 13.0. The van der Waals surface area contributed by atoms with Crippen LogP contribution in [0, 0.1) is 17.8 Å². The molecule has 1 aromatic rings. The van der Waals surface area contributed by atoms with E-state index >= 15 is 0 Å². The van der Waals surface area contributed by atoms with Crippen LogP contribution in [0.15, 0.2) is 43.0 Å². The van der Waals surface area contributed by atoms with E-state index in [1.807, 2.05) is 24.3 Å². The fourth-order valence-electron chi connectivity index (χ4n) is 3.02. The van der Waals surface area contributed by atoms with Gasteiger partial charge in [0.2, 0.25) is 0 Å². The van der Waals surface area contributed by atoms with Gasteiger partial charge in [0, 0.05) is 17.4 Å². The molecular formula is C18H26O2. The average molecular weight is 274 g/mol. The highest BCUT2D eigenvalue weighted by Gasteiger charge is 2.40. The van der Waals surface area contributed by atoms with Crippen LogP contribution in [0.3, 0.4) is 0 Å². The Morgan fingerprint density at radius 2 is 1.65 bits per heavy atom. The van der Waals surface area contributed by atoms with Crippen molar-refractivity contribution in [3.05, 3.63) is 48.6 Å². The minimum Gasteiger partial charge on any atom is -0.344 e. The third-order valence-corrected chi connectivity index (χ3v) is 4.22. The molecule has 0 N–H and O–H groups in total. The van der Waals surface area contributed by atoms with Gasteiger partial charge in [0.05, 0.1) is 12.2 Å². The van der Waals surface area contributed by atoms with Gasteiger partial charge in [-0.3, -0.25) is 0 Å². The SMILES string of the molecule is C=C[C@H](C)[C@H]1OC(c2ccccc2)O[C@@H](C(C)C)[C@@H]1C. The zero-order valence-electron chi connectivity index (χ0n) is 13.0. The van der Waals surface area contributed by atoms with Crippen LogP contribution >= 0.6 is 0 Å². The van der Waals surface area contributed by atoms with Gasteiger partial charge in [0.15, 0.2) is 6.29 Å². The smallest absolute Gasteiger partial charge is 0.184 e. The zero-order chi connectivity index (χ0) is 14.7. The summed E-state index contributed by atoms with van der Waals surface area (Å²) in [5.41, 5.74) is 1.09. The topological polar surface area (TPSA) is 18.5 Å². The van der Waals surface area contributed by atoms with Crippen LogP contribution in [0.25, 0.3) is 0 Å². The van der Waals surface area contributed by atoms with Gasteiger partial charge in [-0.15, -0.1) is 6.58 Å². The molecule has 2 heteroatoms. The van der Waals surface area contributed by atoms with Crippen molar-refractivity contribution in [2.45, 2.75) is 46.2 Å². The van der Waals surface area contributed by atoms with E-state index in [2.05, 4.69) is 46.4 Å². The number of ether oxygens (including phenoxy) is 2. The first-order valence-electron chi connectivity index (χ1n) is 7.53. The highest BCUT2D eigenvalue weighted by atomic mass is 16.7. The lowest BCUT2D eigenvalue weighted by molar-refractivity contribution is -0.285. The molecule has 2 nitrogen and oxygen atoms in total. The van der Waals surface area contributed by atoms with E-state index in [9.17, 15) is 0 Å². The van der Waals surface area contributed by atoms with Crippen LogP contribution in [-0.4, -0.2) is 12.2 Å². The van der Waals surface area contributed by atoms with Crippen LogP contribution < -0.4 is 0 Å². The summed E-state index contributed by atoms with van der Waals surface area (Å²) >= 11 is 0. The second-order valence-corrected chi connectivity index (χ2v) is 6.14. The van der Waals surface area contributed by atoms with Crippen LogP contribution in [-0.2, 0) is 9.47 Å². The molecule has 1 unspecified atom stereocenters. The molecule has 1 aliphatic rings. The fourth-order valence-corrected chi connectivity index (χ4v) is 3.02. The molecule has 0 amide bonds. The lowest BCUT2D eigenvalue weighted by atomic mass is 9.83. The molecule has 0 aromatic heterocycles. The number of hydrogen-bond acceptors (Lipinski definition) is 2. The van der Waals surface area contributed by atoms with Crippen LogP contribution in [0.1, 0.15) is 39.5 Å². The molecule has 2 rings (SSSR count). The van der Waals surface area contributed by atoms with Gasteiger partial charge in [-0.1, -0.05) is 64.1 Å². The second-order valence-electron chi connectivity index (χ2n) is 6.14. The van der Waals surface area contributed by atoms with Gasteiger partial charge in [-0.2, -0.15) is 0 Å². The number of rotatable bonds is 4. The minimum atomic E-state index is -0.271. The van der Waals surface area contributed by atoms with Crippen LogP contribution in [0.4, 0.5) is 0 Å². The van der Waals surface area contributed by atoms with E-state index in [-0.39, 0.29) is 18.5 Å². The standard InChI is InChI=1S/C18H26O2/c1-6-13(4)17-14(5)16(12(2)3)19-18(20-17)15-10-8-7-9-11-15/h6-14,16-18H,1H2,2-5H3/t13-,14-,16-,17+,18?/m0/s1. The van der Waals surface area contributed by atoms with E-state index in [1.54, 1.807) is 0 Å². The molecular weight excluding hydrogens is 248 g/mol. The Labute approximate surface area is 122 Å². The van der Waals surface area contributed by atoms with E-state index in [4.69, 9.17) is 9.47 Å². The van der Waals surface area contributed by atoms with Crippen LogP contribution in [0.2, 0.25) is 0 Å². The summed E-state index contributed by atoms with van der Waals surface area (Å²) in [6.45, 7) is 12.7.